The minimum atomic E-state index is 0.561. The molecule has 17 heavy (non-hydrogen) atoms. The molecular formula is C13H18ClN2O. The first-order valence-electron chi connectivity index (χ1n) is 5.78. The van der Waals surface area contributed by atoms with Crippen LogP contribution in [0.5, 0.6) is 0 Å². The third-order valence-electron chi connectivity index (χ3n) is 3.07. The predicted molar refractivity (Wildman–Crippen MR) is 71.3 cm³/mol. The first-order chi connectivity index (χ1) is 8.20. The van der Waals surface area contributed by atoms with Crippen LogP contribution in [0.15, 0.2) is 18.2 Å². The Morgan fingerprint density at radius 2 is 2.00 bits per heavy atom. The van der Waals surface area contributed by atoms with E-state index in [-0.39, 0.29) is 0 Å². The van der Waals surface area contributed by atoms with Crippen molar-refractivity contribution in [3.05, 3.63) is 35.8 Å². The number of nitrogens with zero attached hydrogens (tertiary/aromatic N) is 2. The maximum absolute atomic E-state index is 6.23. The van der Waals surface area contributed by atoms with Gasteiger partial charge in [-0.1, -0.05) is 17.7 Å². The maximum atomic E-state index is 6.23. The van der Waals surface area contributed by atoms with E-state index in [4.69, 9.17) is 16.3 Å². The molecule has 0 saturated carbocycles. The highest BCUT2D eigenvalue weighted by Gasteiger charge is 2.15. The lowest BCUT2D eigenvalue weighted by atomic mass is 10.2. The van der Waals surface area contributed by atoms with Crippen LogP contribution in [0.4, 0.5) is 5.69 Å². The Hall–Kier alpha value is -0.770. The summed E-state index contributed by atoms with van der Waals surface area (Å²) >= 11 is 6.23. The highest BCUT2D eigenvalue weighted by Crippen LogP contribution is 2.25. The van der Waals surface area contributed by atoms with Crippen molar-refractivity contribution >= 4 is 17.3 Å². The molecule has 1 aliphatic heterocycles. The molecule has 4 heteroatoms. The van der Waals surface area contributed by atoms with Gasteiger partial charge in [-0.25, -0.2) is 0 Å². The van der Waals surface area contributed by atoms with Gasteiger partial charge in [0.25, 0.3) is 0 Å². The van der Waals surface area contributed by atoms with Gasteiger partial charge in [-0.05, 0) is 17.7 Å². The van der Waals surface area contributed by atoms with Crippen LogP contribution in [0.3, 0.4) is 0 Å². The van der Waals surface area contributed by atoms with E-state index >= 15 is 0 Å². The number of benzene rings is 1. The molecule has 1 radical (unpaired) electrons. The van der Waals surface area contributed by atoms with Crippen LogP contribution in [0, 0.1) is 7.05 Å². The summed E-state index contributed by atoms with van der Waals surface area (Å²) in [5.74, 6) is 0. The lowest BCUT2D eigenvalue weighted by molar-refractivity contribution is 0.185. The summed E-state index contributed by atoms with van der Waals surface area (Å²) in [6.45, 7) is 4.56. The fourth-order valence-corrected chi connectivity index (χ4v) is 2.24. The Morgan fingerprint density at radius 3 is 2.59 bits per heavy atom. The van der Waals surface area contributed by atoms with E-state index in [1.807, 2.05) is 12.1 Å². The molecule has 2 rings (SSSR count). The van der Waals surface area contributed by atoms with E-state index in [0.717, 1.165) is 36.8 Å². The average molecular weight is 254 g/mol. The Bertz CT molecular complexity index is 376. The van der Waals surface area contributed by atoms with E-state index in [1.54, 1.807) is 7.11 Å². The number of rotatable bonds is 3. The molecule has 1 aromatic carbocycles. The number of methoxy groups -OCH3 is 1. The van der Waals surface area contributed by atoms with Crippen molar-refractivity contribution in [2.75, 3.05) is 38.2 Å². The summed E-state index contributed by atoms with van der Waals surface area (Å²) in [6.07, 6.45) is 0. The highest BCUT2D eigenvalue weighted by molar-refractivity contribution is 6.31. The van der Waals surface area contributed by atoms with Gasteiger partial charge in [0.1, 0.15) is 0 Å². The fraction of sp³-hybridized carbons (Fsp3) is 0.462. The van der Waals surface area contributed by atoms with Crippen LogP contribution in [0.25, 0.3) is 0 Å². The zero-order valence-electron chi connectivity index (χ0n) is 10.2. The first-order valence-corrected chi connectivity index (χ1v) is 6.16. The standard InChI is InChI=1S/C13H18ClN2O/c1-15-5-7-16(8-6-15)12-4-3-11(10-17-2)13(14)9-12/h3-4,9H,1,5-8,10H2,2H3. The lowest BCUT2D eigenvalue weighted by Crippen LogP contribution is -2.43. The summed E-state index contributed by atoms with van der Waals surface area (Å²) < 4.78 is 5.10. The molecule has 1 aromatic rings. The van der Waals surface area contributed by atoms with Gasteiger partial charge in [0, 0.05) is 51.0 Å². The number of anilines is 1. The van der Waals surface area contributed by atoms with Crippen molar-refractivity contribution in [2.45, 2.75) is 6.61 Å². The van der Waals surface area contributed by atoms with Gasteiger partial charge in [-0.15, -0.1) is 0 Å². The van der Waals surface area contributed by atoms with E-state index in [2.05, 4.69) is 22.9 Å². The number of hydrogen-bond donors (Lipinski definition) is 0. The smallest absolute Gasteiger partial charge is 0.0727 e. The Morgan fingerprint density at radius 1 is 1.29 bits per heavy atom. The zero-order valence-corrected chi connectivity index (χ0v) is 10.9. The number of ether oxygens (including phenoxy) is 1. The van der Waals surface area contributed by atoms with Crippen LogP contribution in [0.2, 0.25) is 5.02 Å². The van der Waals surface area contributed by atoms with Crippen LogP contribution < -0.4 is 4.90 Å². The van der Waals surface area contributed by atoms with Gasteiger partial charge in [0.15, 0.2) is 0 Å². The van der Waals surface area contributed by atoms with Gasteiger partial charge in [-0.3, -0.25) is 4.90 Å². The number of halogens is 1. The second-order valence-electron chi connectivity index (χ2n) is 4.31. The van der Waals surface area contributed by atoms with Crippen molar-refractivity contribution in [3.8, 4) is 0 Å². The molecule has 0 unspecified atom stereocenters. The van der Waals surface area contributed by atoms with Gasteiger partial charge in [0.05, 0.1) is 6.61 Å². The molecule has 3 nitrogen and oxygen atoms in total. The molecule has 0 spiro atoms. The van der Waals surface area contributed by atoms with Gasteiger partial charge in [-0.2, -0.15) is 0 Å². The summed E-state index contributed by atoms with van der Waals surface area (Å²) in [7, 11) is 5.62. The van der Waals surface area contributed by atoms with E-state index < -0.39 is 0 Å². The molecule has 0 N–H and O–H groups in total. The van der Waals surface area contributed by atoms with Crippen molar-refractivity contribution in [1.82, 2.24) is 4.90 Å². The second-order valence-corrected chi connectivity index (χ2v) is 4.72. The minimum absolute atomic E-state index is 0.561. The lowest BCUT2D eigenvalue weighted by Gasteiger charge is -2.34. The van der Waals surface area contributed by atoms with Crippen molar-refractivity contribution in [3.63, 3.8) is 0 Å². The third kappa shape index (κ3) is 3.12. The van der Waals surface area contributed by atoms with Gasteiger partial charge in [0.2, 0.25) is 0 Å². The number of hydrogen-bond acceptors (Lipinski definition) is 3. The molecule has 0 atom stereocenters. The molecule has 1 saturated heterocycles. The molecule has 93 valence electrons. The molecule has 1 aliphatic rings. The third-order valence-corrected chi connectivity index (χ3v) is 3.43. The quantitative estimate of drug-likeness (QED) is 0.823. The molecule has 1 heterocycles. The maximum Gasteiger partial charge on any atom is 0.0727 e. The molecule has 1 fully saturated rings. The summed E-state index contributed by atoms with van der Waals surface area (Å²) in [5, 5.41) is 0.779. The largest absolute Gasteiger partial charge is 0.380 e. The predicted octanol–water partition coefficient (Wildman–Crippen LogP) is 2.40. The fourth-order valence-electron chi connectivity index (χ4n) is 2.01. The summed E-state index contributed by atoms with van der Waals surface area (Å²) in [6, 6.07) is 6.17. The highest BCUT2D eigenvalue weighted by atomic mass is 35.5. The van der Waals surface area contributed by atoms with Gasteiger partial charge < -0.3 is 9.64 Å². The topological polar surface area (TPSA) is 15.7 Å². The van der Waals surface area contributed by atoms with Crippen molar-refractivity contribution in [2.24, 2.45) is 0 Å². The first kappa shape index (κ1) is 12.7. The normalized spacial score (nSPS) is 17.5. The SMILES string of the molecule is [CH2]N1CCN(c2ccc(COC)c(Cl)c2)CC1. The number of piperazine rings is 1. The molecule has 0 aliphatic carbocycles. The molecule has 0 amide bonds. The molecule has 0 bridgehead atoms. The molecule has 0 aromatic heterocycles. The summed E-state index contributed by atoms with van der Waals surface area (Å²) in [4.78, 5) is 4.43. The van der Waals surface area contributed by atoms with E-state index in [1.165, 1.54) is 5.69 Å². The Balaban J connectivity index is 2.09. The average Bonchev–Trinajstić information content (AvgIpc) is 2.33. The van der Waals surface area contributed by atoms with E-state index in [9.17, 15) is 0 Å². The van der Waals surface area contributed by atoms with E-state index in [0.29, 0.717) is 6.61 Å². The molecular weight excluding hydrogens is 236 g/mol. The van der Waals surface area contributed by atoms with Crippen molar-refractivity contribution in [1.29, 1.82) is 0 Å². The van der Waals surface area contributed by atoms with Crippen LogP contribution in [-0.4, -0.2) is 38.2 Å². The van der Waals surface area contributed by atoms with Crippen LogP contribution >= 0.6 is 11.6 Å². The Labute approximate surface area is 108 Å². The van der Waals surface area contributed by atoms with Crippen LogP contribution in [0.1, 0.15) is 5.56 Å². The minimum Gasteiger partial charge on any atom is -0.380 e. The second kappa shape index (κ2) is 5.71. The summed E-state index contributed by atoms with van der Waals surface area (Å²) in [5.41, 5.74) is 2.22. The van der Waals surface area contributed by atoms with Crippen LogP contribution in [-0.2, 0) is 11.3 Å². The van der Waals surface area contributed by atoms with Gasteiger partial charge >= 0.3 is 0 Å². The zero-order chi connectivity index (χ0) is 12.3. The monoisotopic (exact) mass is 253 g/mol. The van der Waals surface area contributed by atoms with Crippen molar-refractivity contribution < 1.29 is 4.74 Å². The Kier molecular flexibility index (Phi) is 4.26.